The molecule has 1 aromatic heterocycles. The van der Waals surface area contributed by atoms with Crippen LogP contribution in [-0.2, 0) is 4.79 Å². The zero-order chi connectivity index (χ0) is 22.1. The van der Waals surface area contributed by atoms with E-state index in [0.29, 0.717) is 22.0 Å². The molecule has 32 heavy (non-hydrogen) atoms. The number of thiazole rings is 1. The lowest BCUT2D eigenvalue weighted by molar-refractivity contribution is -0.121. The summed E-state index contributed by atoms with van der Waals surface area (Å²) in [6.45, 7) is -0.179. The second kappa shape index (κ2) is 8.57. The normalized spacial score (nSPS) is 12.9. The maximum Gasteiger partial charge on any atom is 0.265 e. The van der Waals surface area contributed by atoms with Crippen molar-refractivity contribution in [3.05, 3.63) is 88.8 Å². The van der Waals surface area contributed by atoms with Crippen LogP contribution >= 0.6 is 22.9 Å². The number of rotatable bonds is 5. The van der Waals surface area contributed by atoms with Crippen molar-refractivity contribution in [1.29, 1.82) is 0 Å². The monoisotopic (exact) mass is 460 g/mol. The minimum absolute atomic E-state index is 0.0768. The average molecular weight is 461 g/mol. The smallest absolute Gasteiger partial charge is 0.265 e. The molecule has 1 aliphatic rings. The number of amides is 1. The van der Waals surface area contributed by atoms with E-state index in [9.17, 15) is 9.59 Å². The van der Waals surface area contributed by atoms with Crippen LogP contribution < -0.4 is 9.64 Å². The van der Waals surface area contributed by atoms with Gasteiger partial charge in [-0.25, -0.2) is 4.98 Å². The van der Waals surface area contributed by atoms with Gasteiger partial charge in [-0.1, -0.05) is 41.9 Å². The summed E-state index contributed by atoms with van der Waals surface area (Å²) in [7, 11) is 0. The first kappa shape index (κ1) is 20.4. The molecule has 5 nitrogen and oxygen atoms in total. The summed E-state index contributed by atoms with van der Waals surface area (Å²) in [5.41, 5.74) is 3.77. The van der Waals surface area contributed by atoms with Crippen molar-refractivity contribution in [1.82, 2.24) is 4.98 Å². The number of hydrogen-bond donors (Lipinski definition) is 0. The van der Waals surface area contributed by atoms with E-state index in [4.69, 9.17) is 21.3 Å². The number of halogens is 1. The van der Waals surface area contributed by atoms with Crippen LogP contribution in [0.5, 0.6) is 5.75 Å². The molecule has 1 amide bonds. The van der Waals surface area contributed by atoms with Gasteiger partial charge in [0.05, 0.1) is 17.9 Å². The summed E-state index contributed by atoms with van der Waals surface area (Å²) in [5.74, 6) is 0.129. The lowest BCUT2D eigenvalue weighted by Gasteiger charge is -2.29. The first-order valence-electron chi connectivity index (χ1n) is 9.96. The number of carbonyl (C=O) groups is 2. The summed E-state index contributed by atoms with van der Waals surface area (Å²) < 4.78 is 5.60. The van der Waals surface area contributed by atoms with Crippen LogP contribution in [0.15, 0.2) is 78.2 Å². The molecule has 0 fully saturated rings. The Hall–Kier alpha value is -3.48. The van der Waals surface area contributed by atoms with Gasteiger partial charge in [-0.2, -0.15) is 0 Å². The van der Waals surface area contributed by atoms with Gasteiger partial charge in [-0.15, -0.1) is 11.3 Å². The fraction of sp³-hybridized carbons (Fsp3) is 0.0800. The summed E-state index contributed by atoms with van der Waals surface area (Å²) in [4.78, 5) is 31.7. The van der Waals surface area contributed by atoms with Gasteiger partial charge in [-0.3, -0.25) is 14.5 Å². The topological polar surface area (TPSA) is 59.5 Å². The Balaban J connectivity index is 1.45. The fourth-order valence-electron chi connectivity index (χ4n) is 3.53. The third-order valence-electron chi connectivity index (χ3n) is 5.19. The van der Waals surface area contributed by atoms with Crippen LogP contribution in [0.25, 0.3) is 21.8 Å². The van der Waals surface area contributed by atoms with E-state index >= 15 is 0 Å². The minimum Gasteiger partial charge on any atom is -0.482 e. The van der Waals surface area contributed by atoms with Crippen LogP contribution in [0.2, 0.25) is 5.02 Å². The number of benzene rings is 3. The van der Waals surface area contributed by atoms with Gasteiger partial charge in [0, 0.05) is 27.1 Å². The van der Waals surface area contributed by atoms with Crippen molar-refractivity contribution in [3.63, 3.8) is 0 Å². The van der Waals surface area contributed by atoms with Gasteiger partial charge in [0.15, 0.2) is 12.4 Å². The number of hydrogen-bond acceptors (Lipinski definition) is 5. The molecule has 7 heteroatoms. The first-order chi connectivity index (χ1) is 15.6. The fourth-order valence-corrected chi connectivity index (χ4v) is 4.49. The van der Waals surface area contributed by atoms with E-state index in [2.05, 4.69) is 0 Å². The van der Waals surface area contributed by atoms with Gasteiger partial charge >= 0.3 is 0 Å². The maximum atomic E-state index is 12.8. The van der Waals surface area contributed by atoms with Crippen molar-refractivity contribution in [2.45, 2.75) is 0 Å². The molecule has 2 heterocycles. The highest BCUT2D eigenvalue weighted by Gasteiger charge is 2.28. The van der Waals surface area contributed by atoms with E-state index < -0.39 is 0 Å². The molecule has 0 aliphatic carbocycles. The largest absolute Gasteiger partial charge is 0.482 e. The van der Waals surface area contributed by atoms with Gasteiger partial charge in [0.2, 0.25) is 0 Å². The molecule has 0 spiro atoms. The SMILES string of the molecule is O=C(CN1C(=O)COc2ccc(-c3csc(-c4ccccc4)n3)cc21)c1ccc(Cl)cc1. The van der Waals surface area contributed by atoms with Crippen molar-refractivity contribution >= 4 is 40.3 Å². The molecule has 5 rings (SSSR count). The highest BCUT2D eigenvalue weighted by Crippen LogP contribution is 2.37. The third-order valence-corrected chi connectivity index (χ3v) is 6.33. The van der Waals surface area contributed by atoms with E-state index in [0.717, 1.165) is 21.8 Å². The number of fused-ring (bicyclic) bond motifs is 1. The molecule has 0 saturated carbocycles. The number of anilines is 1. The average Bonchev–Trinajstić information content (AvgIpc) is 3.32. The Labute approximate surface area is 193 Å². The first-order valence-corrected chi connectivity index (χ1v) is 11.2. The van der Waals surface area contributed by atoms with Gasteiger partial charge in [0.1, 0.15) is 10.8 Å². The van der Waals surface area contributed by atoms with E-state index in [1.807, 2.05) is 53.9 Å². The predicted octanol–water partition coefficient (Wildman–Crippen LogP) is 5.74. The number of carbonyl (C=O) groups excluding carboxylic acids is 2. The molecule has 158 valence electrons. The Bertz CT molecular complexity index is 1300. The van der Waals surface area contributed by atoms with Crippen LogP contribution in [0, 0.1) is 0 Å². The lowest BCUT2D eigenvalue weighted by atomic mass is 10.1. The summed E-state index contributed by atoms with van der Waals surface area (Å²) in [6.07, 6.45) is 0. The van der Waals surface area contributed by atoms with Crippen LogP contribution in [-0.4, -0.2) is 29.8 Å². The zero-order valence-corrected chi connectivity index (χ0v) is 18.4. The van der Waals surface area contributed by atoms with Crippen LogP contribution in [0.4, 0.5) is 5.69 Å². The lowest BCUT2D eigenvalue weighted by Crippen LogP contribution is -2.42. The quantitative estimate of drug-likeness (QED) is 0.356. The molecule has 0 bridgehead atoms. The van der Waals surface area contributed by atoms with E-state index in [-0.39, 0.29) is 24.8 Å². The van der Waals surface area contributed by atoms with E-state index in [1.165, 1.54) is 4.90 Å². The molecule has 4 aromatic rings. The summed E-state index contributed by atoms with van der Waals surface area (Å²) in [6, 6.07) is 22.2. The summed E-state index contributed by atoms with van der Waals surface area (Å²) >= 11 is 7.47. The van der Waals surface area contributed by atoms with Crippen molar-refractivity contribution < 1.29 is 14.3 Å². The van der Waals surface area contributed by atoms with Crippen molar-refractivity contribution in [2.24, 2.45) is 0 Å². The van der Waals surface area contributed by atoms with Crippen LogP contribution in [0.1, 0.15) is 10.4 Å². The van der Waals surface area contributed by atoms with Crippen molar-refractivity contribution in [3.8, 4) is 27.6 Å². The number of aromatic nitrogens is 1. The number of Topliss-reactive ketones (excluding diaryl/α,β-unsaturated/α-hetero) is 1. The molecule has 0 radical (unpaired) electrons. The summed E-state index contributed by atoms with van der Waals surface area (Å²) in [5, 5.41) is 3.45. The molecule has 3 aromatic carbocycles. The number of ether oxygens (including phenoxy) is 1. The third kappa shape index (κ3) is 4.02. The van der Waals surface area contributed by atoms with Gasteiger partial charge in [0.25, 0.3) is 5.91 Å². The molecule has 1 aliphatic heterocycles. The predicted molar refractivity (Wildman–Crippen MR) is 127 cm³/mol. The molecule has 0 unspecified atom stereocenters. The maximum absolute atomic E-state index is 12.8. The molecular formula is C25H17ClN2O3S. The van der Waals surface area contributed by atoms with Gasteiger partial charge < -0.3 is 4.74 Å². The highest BCUT2D eigenvalue weighted by atomic mass is 35.5. The Morgan fingerprint density at radius 3 is 2.59 bits per heavy atom. The zero-order valence-electron chi connectivity index (χ0n) is 16.8. The van der Waals surface area contributed by atoms with E-state index in [1.54, 1.807) is 35.6 Å². The minimum atomic E-state index is -0.264. The Morgan fingerprint density at radius 1 is 1.03 bits per heavy atom. The highest BCUT2D eigenvalue weighted by molar-refractivity contribution is 7.13. The van der Waals surface area contributed by atoms with Crippen LogP contribution in [0.3, 0.4) is 0 Å². The number of nitrogens with zero attached hydrogens (tertiary/aromatic N) is 2. The van der Waals surface area contributed by atoms with Crippen molar-refractivity contribution in [2.75, 3.05) is 18.1 Å². The molecule has 0 N–H and O–H groups in total. The standard InChI is InChI=1S/C25H17ClN2O3S/c26-19-9-6-16(7-10-19)22(29)13-28-21-12-18(8-11-23(21)31-14-24(28)30)20-15-32-25(27-20)17-4-2-1-3-5-17/h1-12,15H,13-14H2. The Kier molecular flexibility index (Phi) is 5.47. The van der Waals surface area contributed by atoms with Gasteiger partial charge in [-0.05, 0) is 42.5 Å². The Morgan fingerprint density at radius 2 is 1.81 bits per heavy atom. The number of ketones is 1. The molecular weight excluding hydrogens is 444 g/mol. The molecule has 0 atom stereocenters. The second-order valence-corrected chi connectivity index (χ2v) is 8.58. The molecule has 0 saturated heterocycles. The second-order valence-electron chi connectivity index (χ2n) is 7.29.